The first-order valence-electron chi connectivity index (χ1n) is 11.0. The molecule has 1 amide bonds. The van der Waals surface area contributed by atoms with Gasteiger partial charge in [0.05, 0.1) is 11.8 Å². The molecule has 0 radical (unpaired) electrons. The summed E-state index contributed by atoms with van der Waals surface area (Å²) in [5, 5.41) is 13.6. The van der Waals surface area contributed by atoms with Gasteiger partial charge >= 0.3 is 0 Å². The number of fused-ring (bicyclic) bond motifs is 3. The van der Waals surface area contributed by atoms with Gasteiger partial charge < -0.3 is 0 Å². The highest BCUT2D eigenvalue weighted by atomic mass is 16.2. The molecule has 3 nitrogen and oxygen atoms in total. The molecule has 0 N–H and O–H groups in total. The van der Waals surface area contributed by atoms with Crippen LogP contribution in [-0.2, 0) is 4.79 Å². The summed E-state index contributed by atoms with van der Waals surface area (Å²) in [6, 6.07) is 33.6. The second kappa shape index (κ2) is 7.31. The smallest absolute Gasteiger partial charge is 0.240 e. The minimum absolute atomic E-state index is 0.0396. The highest BCUT2D eigenvalue weighted by Gasteiger charge is 2.34. The van der Waals surface area contributed by atoms with Crippen LogP contribution in [0.4, 0.5) is 0 Å². The van der Waals surface area contributed by atoms with E-state index in [1.54, 1.807) is 11.9 Å². The number of rotatable bonds is 2. The van der Waals surface area contributed by atoms with Crippen molar-refractivity contribution < 1.29 is 4.79 Å². The molecule has 0 saturated heterocycles. The van der Waals surface area contributed by atoms with E-state index in [1.165, 1.54) is 37.9 Å². The summed E-state index contributed by atoms with van der Waals surface area (Å²) in [5.41, 5.74) is 3.23. The highest BCUT2D eigenvalue weighted by molar-refractivity contribution is 6.13. The van der Waals surface area contributed by atoms with Crippen molar-refractivity contribution in [3.05, 3.63) is 108 Å². The Kier molecular flexibility index (Phi) is 4.29. The molecule has 6 rings (SSSR count). The average Bonchev–Trinajstić information content (AvgIpc) is 3.27. The van der Waals surface area contributed by atoms with E-state index < -0.39 is 0 Å². The van der Waals surface area contributed by atoms with Crippen LogP contribution < -0.4 is 0 Å². The van der Waals surface area contributed by atoms with Crippen LogP contribution in [-0.4, -0.2) is 16.6 Å². The zero-order chi connectivity index (χ0) is 21.7. The number of hydrogen-bond acceptors (Lipinski definition) is 2. The van der Waals surface area contributed by atoms with Crippen molar-refractivity contribution in [3.63, 3.8) is 0 Å². The predicted octanol–water partition coefficient (Wildman–Crippen LogP) is 6.84. The Morgan fingerprint density at radius 3 is 1.97 bits per heavy atom. The van der Waals surface area contributed by atoms with Gasteiger partial charge in [-0.05, 0) is 43.9 Å². The van der Waals surface area contributed by atoms with Crippen molar-refractivity contribution in [1.82, 2.24) is 5.01 Å². The van der Waals surface area contributed by atoms with Crippen LogP contribution in [0.15, 0.2) is 102 Å². The fraction of sp³-hybridized carbons (Fsp3) is 0.103. The Labute approximate surface area is 186 Å². The van der Waals surface area contributed by atoms with Crippen molar-refractivity contribution in [2.45, 2.75) is 19.4 Å². The molecule has 154 valence electrons. The molecule has 0 spiro atoms. The number of hydrazone groups is 1. The summed E-state index contributed by atoms with van der Waals surface area (Å²) in [7, 11) is 0. The molecular weight excluding hydrogens is 392 g/mol. The topological polar surface area (TPSA) is 32.7 Å². The molecule has 3 heteroatoms. The second-order valence-corrected chi connectivity index (χ2v) is 8.39. The molecule has 0 aromatic heterocycles. The van der Waals surface area contributed by atoms with E-state index in [1.807, 2.05) is 0 Å². The Morgan fingerprint density at radius 1 is 0.750 bits per heavy atom. The summed E-state index contributed by atoms with van der Waals surface area (Å²) >= 11 is 0. The van der Waals surface area contributed by atoms with Crippen LogP contribution >= 0.6 is 0 Å². The van der Waals surface area contributed by atoms with Crippen LogP contribution in [0.3, 0.4) is 0 Å². The van der Waals surface area contributed by atoms with Gasteiger partial charge in [0, 0.05) is 18.9 Å². The van der Waals surface area contributed by atoms with Crippen molar-refractivity contribution in [1.29, 1.82) is 0 Å². The lowest BCUT2D eigenvalue weighted by Gasteiger charge is -2.24. The quantitative estimate of drug-likeness (QED) is 0.291. The first kappa shape index (κ1) is 18.8. The first-order chi connectivity index (χ1) is 15.7. The van der Waals surface area contributed by atoms with E-state index >= 15 is 0 Å². The normalized spacial score (nSPS) is 16.1. The Morgan fingerprint density at radius 2 is 1.31 bits per heavy atom. The van der Waals surface area contributed by atoms with Crippen LogP contribution in [0.5, 0.6) is 0 Å². The molecule has 5 aromatic rings. The zero-order valence-corrected chi connectivity index (χ0v) is 17.8. The molecule has 5 aromatic carbocycles. The van der Waals surface area contributed by atoms with Gasteiger partial charge in [-0.1, -0.05) is 91.0 Å². The molecule has 1 heterocycles. The largest absolute Gasteiger partial charge is 0.273 e. The molecule has 0 fully saturated rings. The lowest BCUT2D eigenvalue weighted by molar-refractivity contribution is -0.130. The molecule has 1 atom stereocenters. The fourth-order valence-corrected chi connectivity index (χ4v) is 5.07. The average molecular weight is 415 g/mol. The maximum atomic E-state index is 12.8. The minimum Gasteiger partial charge on any atom is -0.273 e. The lowest BCUT2D eigenvalue weighted by atomic mass is 9.88. The molecule has 1 aliphatic rings. The number of benzene rings is 5. The van der Waals surface area contributed by atoms with E-state index in [0.29, 0.717) is 6.42 Å². The van der Waals surface area contributed by atoms with Gasteiger partial charge in [0.25, 0.3) is 0 Å². The van der Waals surface area contributed by atoms with Gasteiger partial charge in [-0.15, -0.1) is 0 Å². The molecule has 0 unspecified atom stereocenters. The van der Waals surface area contributed by atoms with Gasteiger partial charge in [-0.2, -0.15) is 5.10 Å². The lowest BCUT2D eigenvalue weighted by Crippen LogP contribution is -2.24. The minimum atomic E-state index is -0.141. The van der Waals surface area contributed by atoms with Crippen molar-refractivity contribution in [2.24, 2.45) is 5.10 Å². The maximum absolute atomic E-state index is 12.8. The summed E-state index contributed by atoms with van der Waals surface area (Å²) < 4.78 is 0. The maximum Gasteiger partial charge on any atom is 0.240 e. The summed E-state index contributed by atoms with van der Waals surface area (Å²) in [4.78, 5) is 12.8. The van der Waals surface area contributed by atoms with Gasteiger partial charge in [0.15, 0.2) is 0 Å². The Balaban J connectivity index is 1.57. The summed E-state index contributed by atoms with van der Waals surface area (Å²) in [6.07, 6.45) is 0.686. The standard InChI is InChI=1S/C29H22N2O/c1-19(32)31-28(18-27(30-31)26-16-8-12-20-9-2-5-13-23(20)26)29-24-14-6-3-10-21(24)17-22-11-4-7-15-25(22)29/h2-17,28H,18H2,1H3/t28-/m0/s1. The molecular formula is C29H22N2O. The highest BCUT2D eigenvalue weighted by Crippen LogP contribution is 2.41. The van der Waals surface area contributed by atoms with E-state index in [2.05, 4.69) is 97.1 Å². The molecule has 0 aliphatic carbocycles. The van der Waals surface area contributed by atoms with Crippen LogP contribution in [0, 0.1) is 0 Å². The SMILES string of the molecule is CC(=O)N1N=C(c2cccc3ccccc23)C[C@H]1c1c2ccccc2cc2ccccc12. The third-order valence-corrected chi connectivity index (χ3v) is 6.48. The number of nitrogens with zero attached hydrogens (tertiary/aromatic N) is 2. The van der Waals surface area contributed by atoms with E-state index in [9.17, 15) is 4.79 Å². The van der Waals surface area contributed by atoms with Crippen LogP contribution in [0.1, 0.15) is 30.5 Å². The number of carbonyl (C=O) groups is 1. The third-order valence-electron chi connectivity index (χ3n) is 6.48. The Hall–Kier alpha value is -3.98. The van der Waals surface area contributed by atoms with Gasteiger partial charge in [-0.25, -0.2) is 5.01 Å². The zero-order valence-electron chi connectivity index (χ0n) is 17.8. The van der Waals surface area contributed by atoms with Crippen molar-refractivity contribution in [2.75, 3.05) is 0 Å². The first-order valence-corrected chi connectivity index (χ1v) is 11.0. The van der Waals surface area contributed by atoms with E-state index in [0.717, 1.165) is 11.3 Å². The van der Waals surface area contributed by atoms with Crippen LogP contribution in [0.2, 0.25) is 0 Å². The predicted molar refractivity (Wildman–Crippen MR) is 132 cm³/mol. The molecule has 1 aliphatic heterocycles. The van der Waals surface area contributed by atoms with Crippen molar-refractivity contribution >= 4 is 43.9 Å². The summed E-state index contributed by atoms with van der Waals surface area (Å²) in [6.45, 7) is 1.61. The van der Waals surface area contributed by atoms with Gasteiger partial charge in [-0.3, -0.25) is 4.79 Å². The van der Waals surface area contributed by atoms with E-state index in [4.69, 9.17) is 5.10 Å². The van der Waals surface area contributed by atoms with Crippen LogP contribution in [0.25, 0.3) is 32.3 Å². The van der Waals surface area contributed by atoms with Gasteiger partial charge in [0.2, 0.25) is 5.91 Å². The monoisotopic (exact) mass is 414 g/mol. The molecule has 0 saturated carbocycles. The van der Waals surface area contributed by atoms with Gasteiger partial charge in [0.1, 0.15) is 0 Å². The number of carbonyl (C=O) groups excluding carboxylic acids is 1. The number of amides is 1. The molecule has 32 heavy (non-hydrogen) atoms. The number of hydrogen-bond donors (Lipinski definition) is 0. The Bertz CT molecular complexity index is 1490. The summed E-state index contributed by atoms with van der Waals surface area (Å²) in [5.74, 6) is -0.0396. The van der Waals surface area contributed by atoms with E-state index in [-0.39, 0.29) is 11.9 Å². The third kappa shape index (κ3) is 2.89. The second-order valence-electron chi connectivity index (χ2n) is 8.39. The van der Waals surface area contributed by atoms with Crippen molar-refractivity contribution in [3.8, 4) is 0 Å². The molecule has 0 bridgehead atoms. The fourth-order valence-electron chi connectivity index (χ4n) is 5.07.